The topological polar surface area (TPSA) is 63.1 Å². The summed E-state index contributed by atoms with van der Waals surface area (Å²) >= 11 is 0. The van der Waals surface area contributed by atoms with Crippen LogP contribution in [0.25, 0.3) is 22.3 Å². The second-order valence-electron chi connectivity index (χ2n) is 6.16. The van der Waals surface area contributed by atoms with Crippen LogP contribution in [0.4, 0.5) is 0 Å². The molecule has 0 radical (unpaired) electrons. The molecule has 0 aliphatic carbocycles. The Kier molecular flexibility index (Phi) is 7.18. The number of nitrogens with zero attached hydrogens (tertiary/aromatic N) is 4. The van der Waals surface area contributed by atoms with Crippen molar-refractivity contribution in [2.45, 2.75) is 13.5 Å². The lowest BCUT2D eigenvalue weighted by molar-refractivity contribution is 0.0738. The number of amides is 1. The number of carbonyl (C=O) groups excluding carboxylic acids is 1. The van der Waals surface area contributed by atoms with Gasteiger partial charge >= 0.3 is 0 Å². The average molecular weight is 408 g/mol. The average Bonchev–Trinajstić information content (AvgIpc) is 3.11. The zero-order chi connectivity index (χ0) is 17.2. The summed E-state index contributed by atoms with van der Waals surface area (Å²) in [4.78, 5) is 19.8. The highest BCUT2D eigenvalue weighted by molar-refractivity contribution is 6.06. The highest BCUT2D eigenvalue weighted by Crippen LogP contribution is 2.26. The van der Waals surface area contributed by atoms with Gasteiger partial charge in [0.25, 0.3) is 5.91 Å². The molecule has 3 heterocycles. The Morgan fingerprint density at radius 1 is 1.15 bits per heavy atom. The van der Waals surface area contributed by atoms with Crippen LogP contribution in [0, 0.1) is 0 Å². The van der Waals surface area contributed by atoms with Gasteiger partial charge in [0.1, 0.15) is 0 Å². The lowest BCUT2D eigenvalue weighted by Crippen LogP contribution is -2.46. The van der Waals surface area contributed by atoms with Gasteiger partial charge in [0.15, 0.2) is 5.65 Å². The van der Waals surface area contributed by atoms with E-state index >= 15 is 0 Å². The van der Waals surface area contributed by atoms with Crippen LogP contribution in [-0.2, 0) is 6.54 Å². The number of carbonyl (C=O) groups is 1. The number of piperazine rings is 1. The molecule has 6 nitrogen and oxygen atoms in total. The lowest BCUT2D eigenvalue weighted by atomic mass is 10.1. The van der Waals surface area contributed by atoms with Crippen LogP contribution in [-0.4, -0.2) is 51.8 Å². The third kappa shape index (κ3) is 4.08. The second-order valence-corrected chi connectivity index (χ2v) is 6.16. The fourth-order valence-corrected chi connectivity index (χ4v) is 3.25. The van der Waals surface area contributed by atoms with Crippen molar-refractivity contribution in [2.24, 2.45) is 0 Å². The maximum Gasteiger partial charge on any atom is 0.254 e. The lowest BCUT2D eigenvalue weighted by Gasteiger charge is -2.27. The van der Waals surface area contributed by atoms with Crippen molar-refractivity contribution in [3.8, 4) is 11.3 Å². The highest BCUT2D eigenvalue weighted by Gasteiger charge is 2.23. The van der Waals surface area contributed by atoms with Crippen molar-refractivity contribution >= 4 is 41.8 Å². The zero-order valence-corrected chi connectivity index (χ0v) is 16.7. The van der Waals surface area contributed by atoms with Gasteiger partial charge in [0.05, 0.1) is 22.8 Å². The number of hydrogen-bond acceptors (Lipinski definition) is 4. The number of rotatable bonds is 3. The molecule has 1 saturated heterocycles. The van der Waals surface area contributed by atoms with E-state index < -0.39 is 0 Å². The minimum Gasteiger partial charge on any atom is -0.336 e. The number of halogens is 2. The molecule has 1 aromatic carbocycles. The summed E-state index contributed by atoms with van der Waals surface area (Å²) in [7, 11) is 0. The summed E-state index contributed by atoms with van der Waals surface area (Å²) in [6.45, 7) is 5.87. The van der Waals surface area contributed by atoms with Crippen LogP contribution in [0.2, 0.25) is 0 Å². The first-order valence-corrected chi connectivity index (χ1v) is 8.70. The smallest absolute Gasteiger partial charge is 0.254 e. The molecule has 4 rings (SSSR count). The first kappa shape index (κ1) is 21.2. The first-order valence-electron chi connectivity index (χ1n) is 8.70. The molecule has 3 aromatic rings. The maximum atomic E-state index is 13.1. The molecule has 144 valence electrons. The van der Waals surface area contributed by atoms with Crippen molar-refractivity contribution in [3.05, 3.63) is 48.2 Å². The monoisotopic (exact) mass is 407 g/mol. The predicted molar refractivity (Wildman–Crippen MR) is 112 cm³/mol. The minimum atomic E-state index is 0. The summed E-state index contributed by atoms with van der Waals surface area (Å²) < 4.78 is 1.84. The fraction of sp³-hybridized carbons (Fsp3) is 0.316. The summed E-state index contributed by atoms with van der Waals surface area (Å²) in [5.74, 6) is 0.0572. The number of aryl methyl sites for hydroxylation is 1. The van der Waals surface area contributed by atoms with Crippen LogP contribution >= 0.6 is 24.8 Å². The van der Waals surface area contributed by atoms with Crippen molar-refractivity contribution in [2.75, 3.05) is 26.2 Å². The van der Waals surface area contributed by atoms with E-state index in [1.54, 1.807) is 6.20 Å². The maximum absolute atomic E-state index is 13.1. The highest BCUT2D eigenvalue weighted by atomic mass is 35.5. The number of nitrogens with one attached hydrogen (secondary N) is 1. The van der Waals surface area contributed by atoms with Crippen molar-refractivity contribution < 1.29 is 4.79 Å². The van der Waals surface area contributed by atoms with Gasteiger partial charge in [-0.3, -0.25) is 4.79 Å². The Labute approximate surface area is 170 Å². The van der Waals surface area contributed by atoms with E-state index in [-0.39, 0.29) is 30.7 Å². The molecule has 1 N–H and O–H groups in total. The Morgan fingerprint density at radius 2 is 1.85 bits per heavy atom. The first-order chi connectivity index (χ1) is 12.3. The third-order valence-corrected chi connectivity index (χ3v) is 4.61. The van der Waals surface area contributed by atoms with Crippen molar-refractivity contribution in [1.29, 1.82) is 0 Å². The van der Waals surface area contributed by atoms with Gasteiger partial charge in [-0.1, -0.05) is 30.3 Å². The van der Waals surface area contributed by atoms with Gasteiger partial charge in [-0.15, -0.1) is 24.8 Å². The quantitative estimate of drug-likeness (QED) is 0.724. The van der Waals surface area contributed by atoms with Crippen LogP contribution in [0.15, 0.2) is 42.6 Å². The molecule has 1 aliphatic rings. The van der Waals surface area contributed by atoms with E-state index in [2.05, 4.69) is 10.4 Å². The van der Waals surface area contributed by atoms with Gasteiger partial charge in [-0.05, 0) is 13.0 Å². The molecule has 1 aliphatic heterocycles. The number of hydrogen-bond donors (Lipinski definition) is 1. The van der Waals surface area contributed by atoms with E-state index in [9.17, 15) is 4.79 Å². The molecule has 27 heavy (non-hydrogen) atoms. The van der Waals surface area contributed by atoms with Gasteiger partial charge in [0, 0.05) is 38.3 Å². The summed E-state index contributed by atoms with van der Waals surface area (Å²) in [6, 6.07) is 11.9. The molecule has 0 saturated carbocycles. The number of pyridine rings is 1. The van der Waals surface area contributed by atoms with E-state index in [1.807, 2.05) is 52.9 Å². The molecular formula is C19H23Cl2N5O. The van der Waals surface area contributed by atoms with Crippen LogP contribution in [0.1, 0.15) is 17.3 Å². The summed E-state index contributed by atoms with van der Waals surface area (Å²) in [6.07, 6.45) is 1.76. The van der Waals surface area contributed by atoms with Gasteiger partial charge < -0.3 is 10.2 Å². The largest absolute Gasteiger partial charge is 0.336 e. The predicted octanol–water partition coefficient (Wildman–Crippen LogP) is 3.01. The molecule has 0 spiro atoms. The Bertz CT molecular complexity index is 907. The molecule has 0 atom stereocenters. The minimum absolute atomic E-state index is 0. The van der Waals surface area contributed by atoms with Crippen LogP contribution in [0.5, 0.6) is 0 Å². The molecule has 2 aromatic heterocycles. The van der Waals surface area contributed by atoms with E-state index in [0.717, 1.165) is 55.0 Å². The second kappa shape index (κ2) is 9.17. The number of benzene rings is 1. The molecule has 1 amide bonds. The Hall–Kier alpha value is -2.15. The van der Waals surface area contributed by atoms with Gasteiger partial charge in [-0.2, -0.15) is 5.10 Å². The van der Waals surface area contributed by atoms with Crippen LogP contribution in [0.3, 0.4) is 0 Å². The Balaban J connectivity index is 0.00000131. The number of aromatic nitrogens is 3. The number of fused-ring (bicyclic) bond motifs is 1. The summed E-state index contributed by atoms with van der Waals surface area (Å²) in [5, 5.41) is 8.52. The summed E-state index contributed by atoms with van der Waals surface area (Å²) in [5.41, 5.74) is 3.26. The molecule has 8 heteroatoms. The SMILES string of the molecule is CCn1ncc2c(C(=O)N3CCNCC3)cc(-c3ccccc3)nc21.Cl.Cl. The van der Waals surface area contributed by atoms with E-state index in [0.29, 0.717) is 5.56 Å². The normalized spacial score (nSPS) is 13.7. The molecule has 0 unspecified atom stereocenters. The molecular weight excluding hydrogens is 385 g/mol. The van der Waals surface area contributed by atoms with Gasteiger partial charge in [0.2, 0.25) is 0 Å². The fourth-order valence-electron chi connectivity index (χ4n) is 3.25. The zero-order valence-electron chi connectivity index (χ0n) is 15.1. The third-order valence-electron chi connectivity index (χ3n) is 4.61. The molecule has 0 bridgehead atoms. The molecule has 1 fully saturated rings. The van der Waals surface area contributed by atoms with Crippen molar-refractivity contribution in [3.63, 3.8) is 0 Å². The Morgan fingerprint density at radius 3 is 2.52 bits per heavy atom. The standard InChI is InChI=1S/C19H21N5O.2ClH/c1-2-24-18-16(13-21-24)15(19(25)23-10-8-20-9-11-23)12-17(22-18)14-6-4-3-5-7-14;;/h3-7,12-13,20H,2,8-11H2,1H3;2*1H. The van der Waals surface area contributed by atoms with Crippen molar-refractivity contribution in [1.82, 2.24) is 25.0 Å². The van der Waals surface area contributed by atoms with Gasteiger partial charge in [-0.25, -0.2) is 9.67 Å². The van der Waals surface area contributed by atoms with E-state index in [1.165, 1.54) is 0 Å². The van der Waals surface area contributed by atoms with E-state index in [4.69, 9.17) is 4.98 Å². The van der Waals surface area contributed by atoms with Crippen LogP contribution < -0.4 is 5.32 Å².